The van der Waals surface area contributed by atoms with E-state index in [9.17, 15) is 13.2 Å². The van der Waals surface area contributed by atoms with Crippen molar-refractivity contribution < 1.29 is 17.9 Å². The first-order valence-corrected chi connectivity index (χ1v) is 8.99. The zero-order chi connectivity index (χ0) is 15.8. The molecular weight excluding hydrogens is 337 g/mol. The van der Waals surface area contributed by atoms with Crippen LogP contribution in [-0.4, -0.2) is 33.6 Å². The molecule has 0 atom stereocenters. The van der Waals surface area contributed by atoms with Crippen LogP contribution in [-0.2, 0) is 13.8 Å². The van der Waals surface area contributed by atoms with Gasteiger partial charge in [0.25, 0.3) is 15.0 Å². The summed E-state index contributed by atoms with van der Waals surface area (Å²) in [7, 11) is 2.96. The van der Waals surface area contributed by atoms with Gasteiger partial charge >= 0.3 is 0 Å². The molecular formula is C13H15Cl2NO4S. The van der Waals surface area contributed by atoms with Crippen molar-refractivity contribution in [1.29, 1.82) is 0 Å². The Morgan fingerprint density at radius 2 is 2.00 bits per heavy atom. The molecule has 8 heteroatoms. The van der Waals surface area contributed by atoms with Crippen molar-refractivity contribution in [3.8, 4) is 0 Å². The molecule has 0 radical (unpaired) electrons. The summed E-state index contributed by atoms with van der Waals surface area (Å²) >= 11 is 5.92. The number of hydrogen-bond acceptors (Lipinski definition) is 4. The van der Waals surface area contributed by atoms with Crippen molar-refractivity contribution in [3.05, 3.63) is 28.3 Å². The molecule has 0 aromatic heterocycles. The Hall–Kier alpha value is -0.820. The molecule has 1 saturated carbocycles. The second-order valence-corrected chi connectivity index (χ2v) is 7.95. The lowest BCUT2D eigenvalue weighted by molar-refractivity contribution is 0.0176. The van der Waals surface area contributed by atoms with Crippen LogP contribution in [0.4, 0.5) is 0 Å². The highest BCUT2D eigenvalue weighted by Crippen LogP contribution is 2.30. The van der Waals surface area contributed by atoms with Gasteiger partial charge < -0.3 is 10.1 Å². The van der Waals surface area contributed by atoms with E-state index in [4.69, 9.17) is 27.0 Å². The van der Waals surface area contributed by atoms with Crippen molar-refractivity contribution in [2.45, 2.75) is 36.8 Å². The maximum Gasteiger partial charge on any atom is 0.262 e. The highest BCUT2D eigenvalue weighted by molar-refractivity contribution is 8.13. The standard InChI is InChI=1S/C13H15Cl2NO4S/c1-7-3-8(4-11(12(7)14)21(15,18)19)13(17)16-9-5-10(6-9)20-2/h3-4,9-10H,5-6H2,1-2H3,(H,16,17). The fraction of sp³-hybridized carbons (Fsp3) is 0.462. The first-order valence-electron chi connectivity index (χ1n) is 6.31. The number of hydrogen-bond donors (Lipinski definition) is 1. The molecule has 0 spiro atoms. The number of rotatable bonds is 4. The van der Waals surface area contributed by atoms with Crippen LogP contribution in [0.1, 0.15) is 28.8 Å². The summed E-state index contributed by atoms with van der Waals surface area (Å²) in [6.07, 6.45) is 1.66. The van der Waals surface area contributed by atoms with Crippen molar-refractivity contribution >= 4 is 37.2 Å². The highest BCUT2D eigenvalue weighted by atomic mass is 35.7. The lowest BCUT2D eigenvalue weighted by Crippen LogP contribution is -2.47. The Balaban J connectivity index is 2.20. The third kappa shape index (κ3) is 3.69. The second-order valence-electron chi connectivity index (χ2n) is 5.04. The monoisotopic (exact) mass is 351 g/mol. The second kappa shape index (κ2) is 6.12. The number of halogens is 2. The fourth-order valence-corrected chi connectivity index (χ4v) is 3.73. The molecule has 1 aromatic carbocycles. The summed E-state index contributed by atoms with van der Waals surface area (Å²) in [6, 6.07) is 2.77. The molecule has 2 rings (SSSR count). The molecule has 21 heavy (non-hydrogen) atoms. The molecule has 0 saturated heterocycles. The predicted octanol–water partition coefficient (Wildman–Crippen LogP) is 2.48. The molecule has 1 amide bonds. The fourth-order valence-electron chi connectivity index (χ4n) is 2.19. The average molecular weight is 352 g/mol. The Bertz CT molecular complexity index is 669. The number of methoxy groups -OCH3 is 1. The van der Waals surface area contributed by atoms with Crippen molar-refractivity contribution in [1.82, 2.24) is 5.32 Å². The van der Waals surface area contributed by atoms with Crippen LogP contribution < -0.4 is 5.32 Å². The molecule has 0 bridgehead atoms. The molecule has 1 aliphatic rings. The molecule has 5 nitrogen and oxygen atoms in total. The molecule has 1 aromatic rings. The predicted molar refractivity (Wildman–Crippen MR) is 80.5 cm³/mol. The Morgan fingerprint density at radius 1 is 1.38 bits per heavy atom. The molecule has 116 valence electrons. The van der Waals surface area contributed by atoms with Crippen molar-refractivity contribution in [2.24, 2.45) is 0 Å². The van der Waals surface area contributed by atoms with Gasteiger partial charge in [-0.3, -0.25) is 4.79 Å². The minimum Gasteiger partial charge on any atom is -0.381 e. The number of carbonyl (C=O) groups is 1. The first kappa shape index (κ1) is 16.5. The van der Waals surface area contributed by atoms with E-state index in [0.717, 1.165) is 12.8 Å². The van der Waals surface area contributed by atoms with E-state index in [1.165, 1.54) is 12.1 Å². The van der Waals surface area contributed by atoms with Gasteiger partial charge in [-0.2, -0.15) is 0 Å². The molecule has 0 unspecified atom stereocenters. The van der Waals surface area contributed by atoms with Crippen LogP contribution in [0, 0.1) is 6.92 Å². The number of carbonyl (C=O) groups excluding carboxylic acids is 1. The maximum absolute atomic E-state index is 12.2. The summed E-state index contributed by atoms with van der Waals surface area (Å²) in [5.41, 5.74) is 0.698. The Labute approximate surface area is 133 Å². The SMILES string of the molecule is COC1CC(NC(=O)c2cc(C)c(Cl)c(S(=O)(=O)Cl)c2)C1. The normalized spacial score (nSPS) is 21.7. The third-order valence-corrected chi connectivity index (χ3v) is 5.47. The smallest absolute Gasteiger partial charge is 0.262 e. The molecule has 1 N–H and O–H groups in total. The quantitative estimate of drug-likeness (QED) is 0.845. The van der Waals surface area contributed by atoms with E-state index in [2.05, 4.69) is 5.32 Å². The minimum atomic E-state index is -4.00. The van der Waals surface area contributed by atoms with Crippen molar-refractivity contribution in [3.63, 3.8) is 0 Å². The average Bonchev–Trinajstić information content (AvgIpc) is 2.34. The van der Waals surface area contributed by atoms with E-state index in [-0.39, 0.29) is 33.5 Å². The van der Waals surface area contributed by atoms with Crippen LogP contribution >= 0.6 is 22.3 Å². The van der Waals surface area contributed by atoms with Gasteiger partial charge in [-0.25, -0.2) is 8.42 Å². The van der Waals surface area contributed by atoms with Crippen LogP contribution in [0.3, 0.4) is 0 Å². The van der Waals surface area contributed by atoms with E-state index < -0.39 is 9.05 Å². The number of benzene rings is 1. The molecule has 1 aliphatic carbocycles. The number of nitrogens with one attached hydrogen (secondary N) is 1. The lowest BCUT2D eigenvalue weighted by atomic mass is 9.89. The lowest BCUT2D eigenvalue weighted by Gasteiger charge is -2.34. The van der Waals surface area contributed by atoms with E-state index in [1.54, 1.807) is 14.0 Å². The highest BCUT2D eigenvalue weighted by Gasteiger charge is 2.30. The zero-order valence-electron chi connectivity index (χ0n) is 11.5. The van der Waals surface area contributed by atoms with E-state index >= 15 is 0 Å². The minimum absolute atomic E-state index is 0.0321. The zero-order valence-corrected chi connectivity index (χ0v) is 13.8. The molecule has 0 aliphatic heterocycles. The van der Waals surface area contributed by atoms with Gasteiger partial charge in [-0.15, -0.1) is 0 Å². The van der Waals surface area contributed by atoms with Gasteiger partial charge in [0.15, 0.2) is 0 Å². The van der Waals surface area contributed by atoms with Crippen LogP contribution in [0.25, 0.3) is 0 Å². The van der Waals surface area contributed by atoms with Crippen LogP contribution in [0.15, 0.2) is 17.0 Å². The maximum atomic E-state index is 12.2. The van der Waals surface area contributed by atoms with Gasteiger partial charge in [0.2, 0.25) is 0 Å². The van der Waals surface area contributed by atoms with Gasteiger partial charge in [0.1, 0.15) is 4.90 Å². The van der Waals surface area contributed by atoms with Gasteiger partial charge in [-0.1, -0.05) is 11.6 Å². The Kier molecular flexibility index (Phi) is 4.82. The summed E-state index contributed by atoms with van der Waals surface area (Å²) in [5, 5.41) is 2.85. The molecule has 0 heterocycles. The van der Waals surface area contributed by atoms with Gasteiger partial charge in [0.05, 0.1) is 11.1 Å². The number of amides is 1. The van der Waals surface area contributed by atoms with E-state index in [0.29, 0.717) is 5.56 Å². The van der Waals surface area contributed by atoms with Crippen LogP contribution in [0.5, 0.6) is 0 Å². The topological polar surface area (TPSA) is 72.5 Å². The van der Waals surface area contributed by atoms with E-state index in [1.807, 2.05) is 0 Å². The first-order chi connectivity index (χ1) is 9.72. The van der Waals surface area contributed by atoms with Gasteiger partial charge in [0, 0.05) is 29.4 Å². The third-order valence-electron chi connectivity index (χ3n) is 3.51. The summed E-state index contributed by atoms with van der Waals surface area (Å²) < 4.78 is 28.1. The van der Waals surface area contributed by atoms with Crippen molar-refractivity contribution in [2.75, 3.05) is 7.11 Å². The Morgan fingerprint density at radius 3 is 2.52 bits per heavy atom. The van der Waals surface area contributed by atoms with Gasteiger partial charge in [-0.05, 0) is 37.5 Å². The number of ether oxygens (including phenoxy) is 1. The summed E-state index contributed by atoms with van der Waals surface area (Å²) in [5.74, 6) is -0.351. The van der Waals surface area contributed by atoms with Crippen LogP contribution in [0.2, 0.25) is 5.02 Å². The summed E-state index contributed by atoms with van der Waals surface area (Å²) in [6.45, 7) is 1.62. The summed E-state index contributed by atoms with van der Waals surface area (Å²) in [4.78, 5) is 11.9. The molecule has 1 fully saturated rings. The number of aryl methyl sites for hydroxylation is 1. The largest absolute Gasteiger partial charge is 0.381 e.